The monoisotopic (exact) mass is 370 g/mol. The predicted octanol–water partition coefficient (Wildman–Crippen LogP) is 4.20. The van der Waals surface area contributed by atoms with Crippen molar-refractivity contribution in [2.24, 2.45) is 0 Å². The first-order valence-corrected chi connectivity index (χ1v) is 7.98. The van der Waals surface area contributed by atoms with Crippen LogP contribution in [0.3, 0.4) is 0 Å². The lowest BCUT2D eigenvalue weighted by Gasteiger charge is -1.98. The fraction of sp³-hybridized carbons (Fsp3) is 0.133. The van der Waals surface area contributed by atoms with Crippen LogP contribution in [0.25, 0.3) is 6.08 Å². The number of esters is 1. The Hall–Kier alpha value is -1.89. The van der Waals surface area contributed by atoms with Crippen molar-refractivity contribution in [2.75, 3.05) is 12.4 Å². The van der Waals surface area contributed by atoms with Crippen LogP contribution in [0, 0.1) is 6.92 Å². The van der Waals surface area contributed by atoms with Gasteiger partial charge in [-0.05, 0) is 30.7 Å². The standard InChI is InChI=1S/C15H12Cl2N2O3S/c1-8-13(14(21)22-2)23-15(18-8)19-12(20)6-4-9-3-5-10(16)11(17)7-9/h3-7H,1-2H3,(H,18,19,20)/b6-4+. The number of amides is 1. The second-order valence-electron chi connectivity index (χ2n) is 4.42. The zero-order chi connectivity index (χ0) is 17.0. The summed E-state index contributed by atoms with van der Waals surface area (Å²) in [6.45, 7) is 1.67. The number of methoxy groups -OCH3 is 1. The van der Waals surface area contributed by atoms with Crippen LogP contribution in [-0.2, 0) is 9.53 Å². The molecule has 0 saturated heterocycles. The summed E-state index contributed by atoms with van der Waals surface area (Å²) in [6.07, 6.45) is 2.94. The topological polar surface area (TPSA) is 68.3 Å². The summed E-state index contributed by atoms with van der Waals surface area (Å²) in [7, 11) is 1.29. The average Bonchev–Trinajstić information content (AvgIpc) is 2.88. The molecule has 0 aliphatic carbocycles. The Labute approximate surface area is 146 Å². The van der Waals surface area contributed by atoms with Gasteiger partial charge in [-0.25, -0.2) is 9.78 Å². The number of aromatic nitrogens is 1. The largest absolute Gasteiger partial charge is 0.465 e. The Morgan fingerprint density at radius 2 is 2.04 bits per heavy atom. The number of ether oxygens (including phenoxy) is 1. The molecule has 0 atom stereocenters. The number of carbonyl (C=O) groups is 2. The molecule has 1 aromatic heterocycles. The third-order valence-electron chi connectivity index (χ3n) is 2.77. The maximum absolute atomic E-state index is 11.9. The quantitative estimate of drug-likeness (QED) is 0.646. The first kappa shape index (κ1) is 17.5. The van der Waals surface area contributed by atoms with Crippen molar-refractivity contribution in [3.63, 3.8) is 0 Å². The summed E-state index contributed by atoms with van der Waals surface area (Å²) in [4.78, 5) is 27.9. The molecule has 0 aliphatic rings. The minimum Gasteiger partial charge on any atom is -0.465 e. The van der Waals surface area contributed by atoms with Crippen molar-refractivity contribution in [2.45, 2.75) is 6.92 Å². The van der Waals surface area contributed by atoms with E-state index in [2.05, 4.69) is 15.0 Å². The summed E-state index contributed by atoms with van der Waals surface area (Å²) >= 11 is 12.8. The van der Waals surface area contributed by atoms with Crippen LogP contribution in [0.2, 0.25) is 10.0 Å². The predicted molar refractivity (Wildman–Crippen MR) is 92.3 cm³/mol. The van der Waals surface area contributed by atoms with E-state index >= 15 is 0 Å². The normalized spacial score (nSPS) is 10.8. The number of nitrogens with one attached hydrogen (secondary N) is 1. The molecule has 1 heterocycles. The summed E-state index contributed by atoms with van der Waals surface area (Å²) < 4.78 is 4.64. The molecule has 2 aromatic rings. The van der Waals surface area contributed by atoms with Crippen molar-refractivity contribution in [1.29, 1.82) is 0 Å². The van der Waals surface area contributed by atoms with Gasteiger partial charge >= 0.3 is 5.97 Å². The highest BCUT2D eigenvalue weighted by Crippen LogP contribution is 2.24. The molecule has 0 bridgehead atoms. The molecular weight excluding hydrogens is 359 g/mol. The van der Waals surface area contributed by atoms with E-state index in [1.54, 1.807) is 31.2 Å². The summed E-state index contributed by atoms with van der Waals surface area (Å²) in [5.41, 5.74) is 1.24. The van der Waals surface area contributed by atoms with Crippen molar-refractivity contribution in [3.05, 3.63) is 50.5 Å². The van der Waals surface area contributed by atoms with E-state index in [4.69, 9.17) is 23.2 Å². The molecule has 0 fully saturated rings. The molecule has 23 heavy (non-hydrogen) atoms. The highest BCUT2D eigenvalue weighted by Gasteiger charge is 2.16. The number of anilines is 1. The molecule has 0 radical (unpaired) electrons. The SMILES string of the molecule is COC(=O)c1sc(NC(=O)/C=C/c2ccc(Cl)c(Cl)c2)nc1C. The molecule has 0 saturated carbocycles. The number of benzene rings is 1. The van der Waals surface area contributed by atoms with Gasteiger partial charge in [0.05, 0.1) is 22.8 Å². The van der Waals surface area contributed by atoms with Crippen LogP contribution in [0.15, 0.2) is 24.3 Å². The van der Waals surface area contributed by atoms with E-state index in [1.165, 1.54) is 13.2 Å². The summed E-state index contributed by atoms with van der Waals surface area (Å²) in [6, 6.07) is 5.03. The lowest BCUT2D eigenvalue weighted by Crippen LogP contribution is -2.07. The molecule has 0 spiro atoms. The Kier molecular flexibility index (Phi) is 5.76. The smallest absolute Gasteiger partial charge is 0.350 e. The van der Waals surface area contributed by atoms with Crippen LogP contribution >= 0.6 is 34.5 Å². The molecular formula is C15H12Cl2N2O3S. The van der Waals surface area contributed by atoms with Gasteiger partial charge in [-0.1, -0.05) is 40.6 Å². The zero-order valence-corrected chi connectivity index (χ0v) is 14.6. The molecule has 0 aliphatic heterocycles. The number of hydrogen-bond acceptors (Lipinski definition) is 5. The molecule has 8 heteroatoms. The van der Waals surface area contributed by atoms with Crippen LogP contribution in [0.5, 0.6) is 0 Å². The lowest BCUT2D eigenvalue weighted by atomic mass is 10.2. The molecule has 5 nitrogen and oxygen atoms in total. The Morgan fingerprint density at radius 3 is 2.70 bits per heavy atom. The Morgan fingerprint density at radius 1 is 1.30 bits per heavy atom. The number of rotatable bonds is 4. The van der Waals surface area contributed by atoms with Crippen molar-refractivity contribution >= 4 is 57.6 Å². The minimum atomic E-state index is -0.480. The van der Waals surface area contributed by atoms with E-state index in [-0.39, 0.29) is 5.91 Å². The van der Waals surface area contributed by atoms with Crippen molar-refractivity contribution in [3.8, 4) is 0 Å². The van der Waals surface area contributed by atoms with Gasteiger partial charge < -0.3 is 4.74 Å². The second kappa shape index (κ2) is 7.59. The third kappa shape index (κ3) is 4.54. The summed E-state index contributed by atoms with van der Waals surface area (Å²) in [5.74, 6) is -0.854. The van der Waals surface area contributed by atoms with Crippen LogP contribution in [0.4, 0.5) is 5.13 Å². The molecule has 0 unspecified atom stereocenters. The van der Waals surface area contributed by atoms with Crippen molar-refractivity contribution < 1.29 is 14.3 Å². The van der Waals surface area contributed by atoms with E-state index < -0.39 is 5.97 Å². The number of hydrogen-bond donors (Lipinski definition) is 1. The third-order valence-corrected chi connectivity index (χ3v) is 4.56. The first-order valence-electron chi connectivity index (χ1n) is 6.40. The first-order chi connectivity index (χ1) is 10.9. The van der Waals surface area contributed by atoms with E-state index in [0.717, 1.165) is 16.9 Å². The number of nitrogens with zero attached hydrogens (tertiary/aromatic N) is 1. The zero-order valence-electron chi connectivity index (χ0n) is 12.2. The Bertz CT molecular complexity index is 787. The molecule has 1 amide bonds. The van der Waals surface area contributed by atoms with Gasteiger partial charge in [0.25, 0.3) is 0 Å². The van der Waals surface area contributed by atoms with E-state index in [9.17, 15) is 9.59 Å². The second-order valence-corrected chi connectivity index (χ2v) is 6.23. The van der Waals surface area contributed by atoms with Crippen LogP contribution in [-0.4, -0.2) is 24.0 Å². The molecule has 2 rings (SSSR count). The van der Waals surface area contributed by atoms with Crippen LogP contribution in [0.1, 0.15) is 20.9 Å². The maximum Gasteiger partial charge on any atom is 0.350 e. The Balaban J connectivity index is 2.06. The number of aryl methyl sites for hydroxylation is 1. The van der Waals surface area contributed by atoms with Gasteiger partial charge in [-0.3, -0.25) is 10.1 Å². The summed E-state index contributed by atoms with van der Waals surface area (Å²) in [5, 5.41) is 3.77. The van der Waals surface area contributed by atoms with Gasteiger partial charge in [0.15, 0.2) is 5.13 Å². The van der Waals surface area contributed by atoms with Gasteiger partial charge in [-0.15, -0.1) is 0 Å². The van der Waals surface area contributed by atoms with E-state index in [1.807, 2.05) is 0 Å². The lowest BCUT2D eigenvalue weighted by molar-refractivity contribution is -0.111. The minimum absolute atomic E-state index is 0.326. The van der Waals surface area contributed by atoms with Gasteiger partial charge in [-0.2, -0.15) is 0 Å². The number of halogens is 2. The average molecular weight is 371 g/mol. The maximum atomic E-state index is 11.9. The van der Waals surface area contributed by atoms with Gasteiger partial charge in [0, 0.05) is 6.08 Å². The molecule has 1 aromatic carbocycles. The van der Waals surface area contributed by atoms with Gasteiger partial charge in [0.2, 0.25) is 5.91 Å². The number of thiazole rings is 1. The number of carbonyl (C=O) groups excluding carboxylic acids is 2. The van der Waals surface area contributed by atoms with Crippen molar-refractivity contribution in [1.82, 2.24) is 4.98 Å². The fourth-order valence-electron chi connectivity index (χ4n) is 1.67. The molecule has 1 N–H and O–H groups in total. The van der Waals surface area contributed by atoms with E-state index in [0.29, 0.717) is 25.7 Å². The fourth-order valence-corrected chi connectivity index (χ4v) is 2.86. The van der Waals surface area contributed by atoms with Crippen LogP contribution < -0.4 is 5.32 Å². The van der Waals surface area contributed by atoms with Gasteiger partial charge in [0.1, 0.15) is 4.88 Å². The highest BCUT2D eigenvalue weighted by molar-refractivity contribution is 7.17. The molecule has 120 valence electrons. The highest BCUT2D eigenvalue weighted by atomic mass is 35.5.